The number of rotatable bonds is 11. The van der Waals surface area contributed by atoms with Gasteiger partial charge in [0.05, 0.1) is 12.2 Å². The average Bonchev–Trinajstić information content (AvgIpc) is 2.87. The molecule has 0 aromatic heterocycles. The van der Waals surface area contributed by atoms with Crippen LogP contribution < -0.4 is 0 Å². The molecule has 0 saturated heterocycles. The van der Waals surface area contributed by atoms with Crippen molar-refractivity contribution >= 4 is 26.4 Å². The van der Waals surface area contributed by atoms with E-state index in [0.29, 0.717) is 14.7 Å². The largest absolute Gasteiger partial charge is 0.457 e. The van der Waals surface area contributed by atoms with Gasteiger partial charge in [0.2, 0.25) is 0 Å². The molecule has 0 unspecified atom stereocenters. The number of alkyl halides is 2. The lowest BCUT2D eigenvalue weighted by molar-refractivity contribution is -0.150. The van der Waals surface area contributed by atoms with Crippen molar-refractivity contribution in [2.45, 2.75) is 46.3 Å². The fraction of sp³-hybridized carbons (Fsp3) is 0.250. The van der Waals surface area contributed by atoms with Crippen molar-refractivity contribution < 1.29 is 35.1 Å². The molecule has 0 amide bonds. The van der Waals surface area contributed by atoms with Gasteiger partial charge in [0.15, 0.2) is 0 Å². The lowest BCUT2D eigenvalue weighted by atomic mass is 10.2. The molecule has 0 N–H and O–H groups in total. The molecule has 10 heteroatoms. The number of hydrogen-bond donors (Lipinski definition) is 0. The molecule has 0 atom stereocenters. The van der Waals surface area contributed by atoms with Gasteiger partial charge in [-0.1, -0.05) is 61.2 Å². The maximum absolute atomic E-state index is 15.2. The second-order valence-corrected chi connectivity index (χ2v) is 13.8. The zero-order chi connectivity index (χ0) is 28.0. The average molecular weight is 565 g/mol. The van der Waals surface area contributed by atoms with E-state index in [-0.39, 0.29) is 5.57 Å². The summed E-state index contributed by atoms with van der Waals surface area (Å²) in [6.07, 6.45) is 0. The van der Waals surface area contributed by atoms with Gasteiger partial charge in [-0.3, -0.25) is 0 Å². The van der Waals surface area contributed by atoms with Crippen LogP contribution in [-0.4, -0.2) is 38.5 Å². The molecular weight excluding hydrogens is 534 g/mol. The maximum atomic E-state index is 15.2. The molecule has 3 aromatic rings. The van der Waals surface area contributed by atoms with E-state index in [0.717, 1.165) is 0 Å². The van der Waals surface area contributed by atoms with Crippen LogP contribution in [0.1, 0.15) is 20.8 Å². The van der Waals surface area contributed by atoms with Crippen LogP contribution >= 0.6 is 10.3 Å². The Kier molecular flexibility index (Phi) is 9.14. The SMILES string of the molecule is C=C(COCC(F)(F)S(=O)(=O)OS(c1ccccc1)(c1ccccc1)c1ccccc1)C(=O)OC(C)(C)C. The van der Waals surface area contributed by atoms with E-state index in [4.69, 9.17) is 13.1 Å². The third-order valence-corrected chi connectivity index (χ3v) is 10.2. The number of carbonyl (C=O) groups is 1. The molecule has 0 fully saturated rings. The minimum atomic E-state index is -5.58. The number of halogens is 2. The molecule has 204 valence electrons. The Bertz CT molecular complexity index is 1240. The summed E-state index contributed by atoms with van der Waals surface area (Å²) in [7, 11) is -8.74. The smallest absolute Gasteiger partial charge is 0.393 e. The first kappa shape index (κ1) is 29.5. The van der Waals surface area contributed by atoms with Crippen molar-refractivity contribution in [2.75, 3.05) is 13.2 Å². The second kappa shape index (κ2) is 11.8. The van der Waals surface area contributed by atoms with Crippen molar-refractivity contribution in [3.63, 3.8) is 0 Å². The second-order valence-electron chi connectivity index (χ2n) is 9.25. The number of benzene rings is 3. The Morgan fingerprint density at radius 1 is 0.789 bits per heavy atom. The van der Waals surface area contributed by atoms with Crippen LogP contribution in [0.2, 0.25) is 0 Å². The first-order valence-corrected chi connectivity index (χ1v) is 14.6. The van der Waals surface area contributed by atoms with Gasteiger partial charge in [0, 0.05) is 14.7 Å². The van der Waals surface area contributed by atoms with Crippen LogP contribution in [-0.2, 0) is 28.0 Å². The number of carbonyl (C=O) groups excluding carboxylic acids is 1. The number of ether oxygens (including phenoxy) is 2. The summed E-state index contributed by atoms with van der Waals surface area (Å²) in [6.45, 7) is 6.19. The van der Waals surface area contributed by atoms with Crippen LogP contribution in [0.4, 0.5) is 8.78 Å². The summed E-state index contributed by atoms with van der Waals surface area (Å²) < 4.78 is 72.6. The third kappa shape index (κ3) is 6.87. The maximum Gasteiger partial charge on any atom is 0.393 e. The molecule has 0 spiro atoms. The van der Waals surface area contributed by atoms with Crippen molar-refractivity contribution in [2.24, 2.45) is 0 Å². The van der Waals surface area contributed by atoms with Crippen LogP contribution in [0.3, 0.4) is 0 Å². The van der Waals surface area contributed by atoms with E-state index in [1.165, 1.54) is 0 Å². The zero-order valence-electron chi connectivity index (χ0n) is 21.3. The lowest BCUT2D eigenvalue weighted by Gasteiger charge is -2.40. The summed E-state index contributed by atoms with van der Waals surface area (Å²) in [6, 6.07) is 25.2. The molecule has 3 aromatic carbocycles. The lowest BCUT2D eigenvalue weighted by Crippen LogP contribution is -2.37. The van der Waals surface area contributed by atoms with Crippen LogP contribution in [0.5, 0.6) is 0 Å². The molecule has 0 saturated carbocycles. The highest BCUT2D eigenvalue weighted by Gasteiger charge is 2.51. The van der Waals surface area contributed by atoms with Crippen LogP contribution in [0, 0.1) is 0 Å². The third-order valence-electron chi connectivity index (χ3n) is 5.02. The van der Waals surface area contributed by atoms with Crippen molar-refractivity contribution in [3.05, 3.63) is 103 Å². The highest BCUT2D eigenvalue weighted by Crippen LogP contribution is 2.70. The molecule has 0 radical (unpaired) electrons. The first-order valence-electron chi connectivity index (χ1n) is 11.6. The van der Waals surface area contributed by atoms with Crippen LogP contribution in [0.25, 0.3) is 0 Å². The minimum absolute atomic E-state index is 0.230. The van der Waals surface area contributed by atoms with Crippen molar-refractivity contribution in [3.8, 4) is 0 Å². The van der Waals surface area contributed by atoms with E-state index in [1.54, 1.807) is 112 Å². The molecule has 38 heavy (non-hydrogen) atoms. The topological polar surface area (TPSA) is 78.9 Å². The summed E-state index contributed by atoms with van der Waals surface area (Å²) in [4.78, 5) is 13.3. The van der Waals surface area contributed by atoms with Crippen molar-refractivity contribution in [1.82, 2.24) is 0 Å². The van der Waals surface area contributed by atoms with Gasteiger partial charge < -0.3 is 9.47 Å². The standard InChI is InChI=1S/C28H30F2O6S2/c1-22(26(31)35-27(2,3)4)20-34-21-28(29,30)38(32,33)36-37(23-14-8-5-9-15-23,24-16-10-6-11-17-24)25-18-12-7-13-19-25/h5-19H,1,20-21H2,2-4H3. The minimum Gasteiger partial charge on any atom is -0.457 e. The molecule has 3 rings (SSSR count). The monoisotopic (exact) mass is 564 g/mol. The van der Waals surface area contributed by atoms with Gasteiger partial charge in [0.1, 0.15) is 12.2 Å². The van der Waals surface area contributed by atoms with Gasteiger partial charge in [0.25, 0.3) is 0 Å². The Morgan fingerprint density at radius 2 is 1.18 bits per heavy atom. The fourth-order valence-electron chi connectivity index (χ4n) is 3.32. The molecule has 0 aliphatic heterocycles. The van der Waals surface area contributed by atoms with E-state index in [2.05, 4.69) is 6.58 Å². The Labute approximate surface area is 223 Å². The Morgan fingerprint density at radius 3 is 1.55 bits per heavy atom. The first-order chi connectivity index (χ1) is 17.8. The Hall–Kier alpha value is -3.05. The quantitative estimate of drug-likeness (QED) is 0.190. The number of hydrogen-bond acceptors (Lipinski definition) is 6. The predicted molar refractivity (Wildman–Crippen MR) is 142 cm³/mol. The molecule has 0 heterocycles. The van der Waals surface area contributed by atoms with E-state index in [9.17, 15) is 13.2 Å². The molecule has 0 bridgehead atoms. The summed E-state index contributed by atoms with van der Waals surface area (Å²) in [5, 5.41) is -4.45. The van der Waals surface area contributed by atoms with Crippen LogP contribution in [0.15, 0.2) is 118 Å². The summed E-state index contributed by atoms with van der Waals surface area (Å²) in [5.41, 5.74) is -1.05. The van der Waals surface area contributed by atoms with Gasteiger partial charge in [-0.25, -0.2) is 8.42 Å². The van der Waals surface area contributed by atoms with Crippen molar-refractivity contribution in [1.29, 1.82) is 0 Å². The number of esters is 1. The summed E-state index contributed by atoms with van der Waals surface area (Å²) >= 11 is 0. The van der Waals surface area contributed by atoms with E-state index in [1.807, 2.05) is 0 Å². The molecule has 6 nitrogen and oxygen atoms in total. The van der Waals surface area contributed by atoms with Gasteiger partial charge in [-0.05, 0) is 67.5 Å². The van der Waals surface area contributed by atoms with Gasteiger partial charge >= 0.3 is 21.3 Å². The Balaban J connectivity index is 1.96. The van der Waals surface area contributed by atoms with E-state index >= 15 is 8.78 Å². The highest BCUT2D eigenvalue weighted by atomic mass is 32.3. The predicted octanol–water partition coefficient (Wildman–Crippen LogP) is 6.74. The fourth-order valence-corrected chi connectivity index (χ4v) is 8.40. The molecular formula is C28H30F2O6S2. The van der Waals surface area contributed by atoms with Gasteiger partial charge in [-0.2, -0.15) is 17.2 Å². The zero-order valence-corrected chi connectivity index (χ0v) is 22.9. The normalized spacial score (nSPS) is 13.1. The molecule has 0 aliphatic carbocycles. The molecule has 0 aliphatic rings. The van der Waals surface area contributed by atoms with E-state index < -0.39 is 50.5 Å². The highest BCUT2D eigenvalue weighted by molar-refractivity contribution is 8.33. The summed E-state index contributed by atoms with van der Waals surface area (Å²) in [5.74, 6) is -0.833. The van der Waals surface area contributed by atoms with Gasteiger partial charge in [-0.15, -0.1) is 0 Å².